The Morgan fingerprint density at radius 2 is 2.12 bits per heavy atom. The molecular formula is C10H14N6. The smallest absolute Gasteiger partial charge is 0.183 e. The molecule has 0 spiro atoms. The van der Waals surface area contributed by atoms with Crippen molar-refractivity contribution in [2.45, 2.75) is 5.92 Å². The molecule has 0 fully saturated rings. The summed E-state index contributed by atoms with van der Waals surface area (Å²) in [4.78, 5) is 5.48. The number of aromatic nitrogens is 5. The van der Waals surface area contributed by atoms with Crippen LogP contribution < -0.4 is 5.32 Å². The van der Waals surface area contributed by atoms with Gasteiger partial charge in [-0.05, 0) is 30.0 Å². The summed E-state index contributed by atoms with van der Waals surface area (Å²) in [7, 11) is 3.67. The van der Waals surface area contributed by atoms with Gasteiger partial charge in [-0.3, -0.25) is 4.98 Å². The van der Waals surface area contributed by atoms with E-state index in [9.17, 15) is 0 Å². The average molecular weight is 218 g/mol. The van der Waals surface area contributed by atoms with Gasteiger partial charge in [-0.1, -0.05) is 0 Å². The molecule has 0 saturated carbocycles. The van der Waals surface area contributed by atoms with Gasteiger partial charge >= 0.3 is 0 Å². The SMILES string of the molecule is CNCC(c1ccncc1)c1nnn(C)n1. The molecule has 0 aliphatic carbocycles. The van der Waals surface area contributed by atoms with E-state index in [1.807, 2.05) is 19.2 Å². The van der Waals surface area contributed by atoms with E-state index in [-0.39, 0.29) is 5.92 Å². The molecule has 6 nitrogen and oxygen atoms in total. The van der Waals surface area contributed by atoms with Crippen molar-refractivity contribution in [3.8, 4) is 0 Å². The van der Waals surface area contributed by atoms with E-state index in [4.69, 9.17) is 0 Å². The van der Waals surface area contributed by atoms with Crippen LogP contribution in [0.25, 0.3) is 0 Å². The van der Waals surface area contributed by atoms with Gasteiger partial charge in [-0.15, -0.1) is 10.2 Å². The average Bonchev–Trinajstić information content (AvgIpc) is 2.74. The first-order valence-electron chi connectivity index (χ1n) is 5.09. The molecule has 0 saturated heterocycles. The first-order valence-corrected chi connectivity index (χ1v) is 5.09. The zero-order chi connectivity index (χ0) is 11.4. The Morgan fingerprint density at radius 1 is 1.38 bits per heavy atom. The Morgan fingerprint density at radius 3 is 2.69 bits per heavy atom. The van der Waals surface area contributed by atoms with E-state index in [2.05, 4.69) is 25.7 Å². The Bertz CT molecular complexity index is 438. The number of nitrogens with one attached hydrogen (secondary N) is 1. The predicted octanol–water partition coefficient (Wildman–Crippen LogP) is -0.0436. The second-order valence-corrected chi connectivity index (χ2v) is 3.53. The predicted molar refractivity (Wildman–Crippen MR) is 58.8 cm³/mol. The minimum absolute atomic E-state index is 0.113. The molecule has 0 bridgehead atoms. The summed E-state index contributed by atoms with van der Waals surface area (Å²) in [6.07, 6.45) is 3.54. The summed E-state index contributed by atoms with van der Waals surface area (Å²) in [6.45, 7) is 0.774. The number of pyridine rings is 1. The van der Waals surface area contributed by atoms with Crippen molar-refractivity contribution in [3.63, 3.8) is 0 Å². The Balaban J connectivity index is 2.31. The molecule has 0 aromatic carbocycles. The number of nitrogens with zero attached hydrogens (tertiary/aromatic N) is 5. The van der Waals surface area contributed by atoms with Crippen LogP contribution in [-0.4, -0.2) is 38.8 Å². The summed E-state index contributed by atoms with van der Waals surface area (Å²) in [6, 6.07) is 3.94. The van der Waals surface area contributed by atoms with Crippen LogP contribution in [0.2, 0.25) is 0 Å². The summed E-state index contributed by atoms with van der Waals surface area (Å²) < 4.78 is 0. The molecule has 1 unspecified atom stereocenters. The van der Waals surface area contributed by atoms with Crippen molar-refractivity contribution in [3.05, 3.63) is 35.9 Å². The molecule has 0 amide bonds. The highest BCUT2D eigenvalue weighted by molar-refractivity contribution is 5.22. The van der Waals surface area contributed by atoms with Gasteiger partial charge in [-0.2, -0.15) is 4.80 Å². The first-order chi connectivity index (χ1) is 7.81. The van der Waals surface area contributed by atoms with Crippen LogP contribution in [-0.2, 0) is 7.05 Å². The van der Waals surface area contributed by atoms with Crippen LogP contribution in [0.5, 0.6) is 0 Å². The zero-order valence-corrected chi connectivity index (χ0v) is 9.33. The minimum Gasteiger partial charge on any atom is -0.319 e. The number of likely N-dealkylation sites (N-methyl/N-ethyl adjacent to an activating group) is 1. The molecule has 16 heavy (non-hydrogen) atoms. The zero-order valence-electron chi connectivity index (χ0n) is 9.33. The highest BCUT2D eigenvalue weighted by Crippen LogP contribution is 2.19. The molecule has 2 rings (SSSR count). The van der Waals surface area contributed by atoms with Crippen LogP contribution in [0.4, 0.5) is 0 Å². The third kappa shape index (κ3) is 2.22. The maximum absolute atomic E-state index is 4.24. The number of hydrogen-bond donors (Lipinski definition) is 1. The Labute approximate surface area is 93.7 Å². The quantitative estimate of drug-likeness (QED) is 0.779. The van der Waals surface area contributed by atoms with E-state index < -0.39 is 0 Å². The monoisotopic (exact) mass is 218 g/mol. The van der Waals surface area contributed by atoms with Crippen LogP contribution in [0.1, 0.15) is 17.3 Å². The fourth-order valence-electron chi connectivity index (χ4n) is 1.60. The molecule has 2 aromatic rings. The number of aryl methyl sites for hydroxylation is 1. The van der Waals surface area contributed by atoms with Gasteiger partial charge in [0.1, 0.15) is 0 Å². The molecule has 6 heteroatoms. The lowest BCUT2D eigenvalue weighted by atomic mass is 10.00. The second kappa shape index (κ2) is 4.80. The fraction of sp³-hybridized carbons (Fsp3) is 0.400. The summed E-state index contributed by atoms with van der Waals surface area (Å²) >= 11 is 0. The summed E-state index contributed by atoms with van der Waals surface area (Å²) in [5.74, 6) is 0.838. The van der Waals surface area contributed by atoms with Gasteiger partial charge in [0.25, 0.3) is 0 Å². The Hall–Kier alpha value is -1.82. The minimum atomic E-state index is 0.113. The Kier molecular flexibility index (Phi) is 3.21. The van der Waals surface area contributed by atoms with E-state index in [0.29, 0.717) is 0 Å². The van der Waals surface area contributed by atoms with Crippen molar-refractivity contribution in [2.75, 3.05) is 13.6 Å². The summed E-state index contributed by atoms with van der Waals surface area (Å²) in [5.41, 5.74) is 1.14. The standard InChI is InChI=1S/C10H14N6/c1-11-7-9(8-3-5-12-6-4-8)10-13-15-16(2)14-10/h3-6,9,11H,7H2,1-2H3. The van der Waals surface area contributed by atoms with E-state index in [0.717, 1.165) is 17.9 Å². The molecule has 1 atom stereocenters. The van der Waals surface area contributed by atoms with Gasteiger partial charge in [-0.25, -0.2) is 0 Å². The van der Waals surface area contributed by atoms with E-state index in [1.165, 1.54) is 4.80 Å². The third-order valence-corrected chi connectivity index (χ3v) is 2.35. The van der Waals surface area contributed by atoms with Crippen molar-refractivity contribution in [1.29, 1.82) is 0 Å². The highest BCUT2D eigenvalue weighted by Gasteiger charge is 2.18. The number of rotatable bonds is 4. The molecule has 0 aliphatic heterocycles. The maximum atomic E-state index is 4.24. The topological polar surface area (TPSA) is 68.5 Å². The van der Waals surface area contributed by atoms with Crippen LogP contribution in [0, 0.1) is 0 Å². The van der Waals surface area contributed by atoms with Crippen molar-refractivity contribution < 1.29 is 0 Å². The molecule has 1 N–H and O–H groups in total. The van der Waals surface area contributed by atoms with Crippen LogP contribution >= 0.6 is 0 Å². The summed E-state index contributed by atoms with van der Waals surface area (Å²) in [5, 5.41) is 15.3. The highest BCUT2D eigenvalue weighted by atomic mass is 15.6. The van der Waals surface area contributed by atoms with Gasteiger partial charge < -0.3 is 5.32 Å². The van der Waals surface area contributed by atoms with Gasteiger partial charge in [0.2, 0.25) is 0 Å². The number of tetrazole rings is 1. The molecule has 84 valence electrons. The lowest BCUT2D eigenvalue weighted by Gasteiger charge is -2.12. The van der Waals surface area contributed by atoms with E-state index >= 15 is 0 Å². The van der Waals surface area contributed by atoms with Gasteiger partial charge in [0.05, 0.1) is 13.0 Å². The largest absolute Gasteiger partial charge is 0.319 e. The molecule has 2 heterocycles. The molecular weight excluding hydrogens is 204 g/mol. The number of hydrogen-bond acceptors (Lipinski definition) is 5. The molecule has 2 aromatic heterocycles. The van der Waals surface area contributed by atoms with Crippen molar-refractivity contribution in [1.82, 2.24) is 30.5 Å². The third-order valence-electron chi connectivity index (χ3n) is 2.35. The van der Waals surface area contributed by atoms with Gasteiger partial charge in [0, 0.05) is 18.9 Å². The second-order valence-electron chi connectivity index (χ2n) is 3.53. The van der Waals surface area contributed by atoms with Gasteiger partial charge in [0.15, 0.2) is 5.82 Å². The lowest BCUT2D eigenvalue weighted by molar-refractivity contribution is 0.619. The fourth-order valence-corrected chi connectivity index (χ4v) is 1.60. The van der Waals surface area contributed by atoms with Crippen molar-refractivity contribution >= 4 is 0 Å². The van der Waals surface area contributed by atoms with Crippen molar-refractivity contribution in [2.24, 2.45) is 7.05 Å². The van der Waals surface area contributed by atoms with Crippen LogP contribution in [0.3, 0.4) is 0 Å². The normalized spacial score (nSPS) is 12.6. The van der Waals surface area contributed by atoms with Crippen LogP contribution in [0.15, 0.2) is 24.5 Å². The maximum Gasteiger partial charge on any atom is 0.183 e. The van der Waals surface area contributed by atoms with E-state index in [1.54, 1.807) is 19.4 Å². The lowest BCUT2D eigenvalue weighted by Crippen LogP contribution is -2.19. The first kappa shape index (κ1) is 10.7. The molecule has 0 aliphatic rings. The molecule has 0 radical (unpaired) electrons.